The number of para-hydroxylation sites is 1. The van der Waals surface area contributed by atoms with Crippen LogP contribution in [0.2, 0.25) is 0 Å². The number of carbonyl (C=O) groups excluding carboxylic acids is 5. The third-order valence-corrected chi connectivity index (χ3v) is 3.90. The quantitative estimate of drug-likeness (QED) is 0.565. The smallest absolute Gasteiger partial charge is 0.326 e. The zero-order chi connectivity index (χ0) is 17.3. The number of esters is 1. The number of amides is 3. The molecule has 0 saturated carbocycles. The number of nitrogens with zero attached hydrogens (tertiary/aromatic N) is 2. The monoisotopic (exact) mass is 330 g/mol. The summed E-state index contributed by atoms with van der Waals surface area (Å²) in [5.41, 5.74) is 0.569. The van der Waals surface area contributed by atoms with E-state index >= 15 is 0 Å². The first-order valence-electron chi connectivity index (χ1n) is 7.43. The minimum Gasteiger partial charge on any atom is -0.454 e. The number of ketones is 1. The maximum absolute atomic E-state index is 11.9. The van der Waals surface area contributed by atoms with Crippen LogP contribution >= 0.6 is 0 Å². The third-order valence-electron chi connectivity index (χ3n) is 3.90. The highest BCUT2D eigenvalue weighted by molar-refractivity contribution is 6.52. The van der Waals surface area contributed by atoms with Crippen molar-refractivity contribution < 1.29 is 28.7 Å². The zero-order valence-electron chi connectivity index (χ0n) is 12.7. The molecule has 1 aromatic rings. The van der Waals surface area contributed by atoms with Crippen molar-refractivity contribution in [3.8, 4) is 0 Å². The molecule has 0 spiro atoms. The lowest BCUT2D eigenvalue weighted by Crippen LogP contribution is -2.38. The molecular weight excluding hydrogens is 316 g/mol. The van der Waals surface area contributed by atoms with Crippen molar-refractivity contribution in [1.29, 1.82) is 0 Å². The highest BCUT2D eigenvalue weighted by Gasteiger charge is 2.37. The van der Waals surface area contributed by atoms with Crippen LogP contribution in [0.25, 0.3) is 0 Å². The van der Waals surface area contributed by atoms with Gasteiger partial charge in [0.15, 0.2) is 6.61 Å². The van der Waals surface area contributed by atoms with Crippen LogP contribution in [-0.2, 0) is 23.9 Å². The summed E-state index contributed by atoms with van der Waals surface area (Å²) in [5.74, 6) is -3.19. The first-order valence-corrected chi connectivity index (χ1v) is 7.43. The predicted molar refractivity (Wildman–Crippen MR) is 80.0 cm³/mol. The highest BCUT2D eigenvalue weighted by Crippen LogP contribution is 2.28. The zero-order valence-corrected chi connectivity index (χ0v) is 12.7. The Kier molecular flexibility index (Phi) is 4.11. The molecule has 8 heteroatoms. The summed E-state index contributed by atoms with van der Waals surface area (Å²) < 4.78 is 4.84. The molecule has 2 heterocycles. The van der Waals surface area contributed by atoms with E-state index in [0.717, 1.165) is 9.80 Å². The topological polar surface area (TPSA) is 101 Å². The standard InChI is InChI=1S/C16H14N2O6/c19-12-6-3-7-17(12)13(20)9-24-14(21)8-18-11-5-2-1-4-10(11)15(22)16(18)23/h1-2,4-5H,3,6-9H2. The Labute approximate surface area is 137 Å². The van der Waals surface area contributed by atoms with Gasteiger partial charge in [0.25, 0.3) is 17.6 Å². The van der Waals surface area contributed by atoms with E-state index in [4.69, 9.17) is 4.74 Å². The Bertz CT molecular complexity index is 757. The molecule has 2 aliphatic rings. The van der Waals surface area contributed by atoms with Gasteiger partial charge in [-0.15, -0.1) is 0 Å². The molecule has 124 valence electrons. The average Bonchev–Trinajstić information content (AvgIpc) is 3.11. The van der Waals surface area contributed by atoms with Crippen molar-refractivity contribution in [2.75, 3.05) is 24.6 Å². The fraction of sp³-hybridized carbons (Fsp3) is 0.312. The van der Waals surface area contributed by atoms with Crippen LogP contribution in [0.3, 0.4) is 0 Å². The van der Waals surface area contributed by atoms with Crippen molar-refractivity contribution in [3.05, 3.63) is 29.8 Å². The number of ether oxygens (including phenoxy) is 1. The van der Waals surface area contributed by atoms with Gasteiger partial charge in [0.2, 0.25) is 5.91 Å². The first-order chi connectivity index (χ1) is 11.5. The molecular formula is C16H14N2O6. The fourth-order valence-corrected chi connectivity index (χ4v) is 2.71. The van der Waals surface area contributed by atoms with Crippen molar-refractivity contribution in [3.63, 3.8) is 0 Å². The number of fused-ring (bicyclic) bond motifs is 1. The average molecular weight is 330 g/mol. The van der Waals surface area contributed by atoms with E-state index in [9.17, 15) is 24.0 Å². The van der Waals surface area contributed by atoms with E-state index in [2.05, 4.69) is 0 Å². The summed E-state index contributed by atoms with van der Waals surface area (Å²) in [5, 5.41) is 0. The molecule has 0 unspecified atom stereocenters. The van der Waals surface area contributed by atoms with Crippen molar-refractivity contribution >= 4 is 35.2 Å². The number of likely N-dealkylation sites (tertiary alicyclic amines) is 1. The van der Waals surface area contributed by atoms with Crippen LogP contribution in [0, 0.1) is 0 Å². The Morgan fingerprint density at radius 2 is 1.88 bits per heavy atom. The van der Waals surface area contributed by atoms with Gasteiger partial charge >= 0.3 is 5.97 Å². The van der Waals surface area contributed by atoms with E-state index in [1.54, 1.807) is 18.2 Å². The van der Waals surface area contributed by atoms with Gasteiger partial charge in [-0.2, -0.15) is 0 Å². The molecule has 0 N–H and O–H groups in total. The molecule has 1 aromatic carbocycles. The summed E-state index contributed by atoms with van der Waals surface area (Å²) in [6.07, 6.45) is 0.903. The van der Waals surface area contributed by atoms with Crippen LogP contribution in [0.15, 0.2) is 24.3 Å². The fourth-order valence-electron chi connectivity index (χ4n) is 2.71. The molecule has 3 rings (SSSR count). The largest absolute Gasteiger partial charge is 0.454 e. The number of carbonyl (C=O) groups is 5. The number of rotatable bonds is 4. The van der Waals surface area contributed by atoms with Gasteiger partial charge in [0.1, 0.15) is 6.54 Å². The molecule has 0 aromatic heterocycles. The summed E-state index contributed by atoms with van der Waals surface area (Å²) in [6.45, 7) is -0.716. The lowest BCUT2D eigenvalue weighted by atomic mass is 10.1. The van der Waals surface area contributed by atoms with Crippen molar-refractivity contribution in [2.24, 2.45) is 0 Å². The Morgan fingerprint density at radius 1 is 1.12 bits per heavy atom. The number of anilines is 1. The van der Waals surface area contributed by atoms with Gasteiger partial charge in [-0.1, -0.05) is 12.1 Å². The van der Waals surface area contributed by atoms with Gasteiger partial charge in [-0.05, 0) is 18.6 Å². The molecule has 1 fully saturated rings. The first kappa shape index (κ1) is 15.9. The van der Waals surface area contributed by atoms with E-state index < -0.39 is 36.7 Å². The third kappa shape index (κ3) is 2.78. The Morgan fingerprint density at radius 3 is 2.58 bits per heavy atom. The van der Waals surface area contributed by atoms with E-state index in [1.165, 1.54) is 6.07 Å². The molecule has 0 atom stereocenters. The van der Waals surface area contributed by atoms with Crippen LogP contribution in [0.4, 0.5) is 5.69 Å². The van der Waals surface area contributed by atoms with Crippen LogP contribution in [0.1, 0.15) is 23.2 Å². The Hall–Kier alpha value is -3.03. The molecule has 24 heavy (non-hydrogen) atoms. The van der Waals surface area contributed by atoms with Crippen LogP contribution in [0.5, 0.6) is 0 Å². The number of hydrogen-bond donors (Lipinski definition) is 0. The van der Waals surface area contributed by atoms with E-state index in [-0.39, 0.29) is 11.5 Å². The maximum Gasteiger partial charge on any atom is 0.326 e. The second-order valence-electron chi connectivity index (χ2n) is 5.44. The van der Waals surface area contributed by atoms with Crippen LogP contribution in [-0.4, -0.2) is 54.1 Å². The van der Waals surface area contributed by atoms with E-state index in [1.807, 2.05) is 0 Å². The number of hydrogen-bond acceptors (Lipinski definition) is 6. The minimum absolute atomic E-state index is 0.231. The molecule has 0 radical (unpaired) electrons. The van der Waals surface area contributed by atoms with Gasteiger partial charge in [0, 0.05) is 13.0 Å². The maximum atomic E-state index is 11.9. The summed E-state index contributed by atoms with van der Waals surface area (Å²) in [7, 11) is 0. The summed E-state index contributed by atoms with van der Waals surface area (Å²) in [4.78, 5) is 60.9. The van der Waals surface area contributed by atoms with Gasteiger partial charge in [0.05, 0.1) is 11.3 Å². The molecule has 8 nitrogen and oxygen atoms in total. The van der Waals surface area contributed by atoms with Crippen LogP contribution < -0.4 is 4.90 Å². The number of imide groups is 1. The lowest BCUT2D eigenvalue weighted by Gasteiger charge is -2.16. The minimum atomic E-state index is -0.826. The lowest BCUT2D eigenvalue weighted by molar-refractivity contribution is -0.153. The van der Waals surface area contributed by atoms with Gasteiger partial charge in [-0.25, -0.2) is 0 Å². The number of Topliss-reactive ketones (excluding diaryl/α,β-unsaturated/α-hetero) is 1. The van der Waals surface area contributed by atoms with Crippen molar-refractivity contribution in [2.45, 2.75) is 12.8 Å². The normalized spacial score (nSPS) is 16.6. The second-order valence-corrected chi connectivity index (χ2v) is 5.44. The summed E-state index contributed by atoms with van der Waals surface area (Å²) in [6, 6.07) is 6.33. The molecule has 1 saturated heterocycles. The number of benzene rings is 1. The highest BCUT2D eigenvalue weighted by atomic mass is 16.5. The van der Waals surface area contributed by atoms with E-state index in [0.29, 0.717) is 25.1 Å². The molecule has 0 aliphatic carbocycles. The van der Waals surface area contributed by atoms with Gasteiger partial charge < -0.3 is 4.74 Å². The van der Waals surface area contributed by atoms with Gasteiger partial charge in [-0.3, -0.25) is 33.8 Å². The second kappa shape index (κ2) is 6.23. The predicted octanol–water partition coefficient (Wildman–Crippen LogP) is -0.0919. The molecule has 2 aliphatic heterocycles. The van der Waals surface area contributed by atoms with Crippen molar-refractivity contribution in [1.82, 2.24) is 4.90 Å². The molecule has 0 bridgehead atoms. The SMILES string of the molecule is O=C(CN1C(=O)C(=O)c2ccccc21)OCC(=O)N1CCCC1=O. The Balaban J connectivity index is 1.59. The molecule has 3 amide bonds. The summed E-state index contributed by atoms with van der Waals surface area (Å²) >= 11 is 0.